The largest absolute Gasteiger partial charge is 1.00 e. The molecule has 0 aliphatic carbocycles. The first-order valence-electron chi connectivity index (χ1n) is 7.69. The van der Waals surface area contributed by atoms with Crippen molar-refractivity contribution in [2.24, 2.45) is 0 Å². The van der Waals surface area contributed by atoms with Crippen LogP contribution in [-0.4, -0.2) is 28.7 Å². The van der Waals surface area contributed by atoms with Gasteiger partial charge in [-0.2, -0.15) is 13.2 Å². The number of aryl methyl sites for hydroxylation is 1. The predicted octanol–water partition coefficient (Wildman–Crippen LogP) is -1.18. The molecule has 0 fully saturated rings. The molecule has 9 heteroatoms. The molecule has 0 radical (unpaired) electrons. The third-order valence-electron chi connectivity index (χ3n) is 4.09. The number of carboxylic acid groups (broad SMARTS) is 1. The van der Waals surface area contributed by atoms with Crippen LogP contribution in [0.15, 0.2) is 24.5 Å². The van der Waals surface area contributed by atoms with E-state index in [0.29, 0.717) is 30.9 Å². The third kappa shape index (κ3) is 4.57. The van der Waals surface area contributed by atoms with Gasteiger partial charge in [0.2, 0.25) is 0 Å². The third-order valence-corrected chi connectivity index (χ3v) is 4.09. The first-order valence-corrected chi connectivity index (χ1v) is 7.69. The Morgan fingerprint density at radius 3 is 2.62 bits per heavy atom. The number of carboxylic acids is 1. The quantitative estimate of drug-likeness (QED) is 0.647. The summed E-state index contributed by atoms with van der Waals surface area (Å²) in [6.45, 7) is 2.73. The summed E-state index contributed by atoms with van der Waals surface area (Å²) in [5, 5.41) is 10.9. The number of anilines is 1. The van der Waals surface area contributed by atoms with Gasteiger partial charge in [-0.1, -0.05) is 6.07 Å². The molecule has 5 nitrogen and oxygen atoms in total. The van der Waals surface area contributed by atoms with E-state index in [9.17, 15) is 23.1 Å². The Labute approximate surface area is 160 Å². The molecule has 26 heavy (non-hydrogen) atoms. The van der Waals surface area contributed by atoms with Crippen LogP contribution in [0.4, 0.5) is 19.0 Å². The van der Waals surface area contributed by atoms with Gasteiger partial charge in [0.15, 0.2) is 0 Å². The Morgan fingerprint density at radius 2 is 2.00 bits per heavy atom. The van der Waals surface area contributed by atoms with Crippen LogP contribution in [0, 0.1) is 6.92 Å². The molecule has 0 amide bonds. The molecule has 0 spiro atoms. The SMILES string of the molecule is Cc1cc(C(=O)[O-])cnc1N1CCc2ncc(CC(F)(F)F)cc2C1.[Li+]. The molecule has 0 saturated heterocycles. The number of pyridine rings is 2. The van der Waals surface area contributed by atoms with Crippen molar-refractivity contribution in [3.8, 4) is 0 Å². The van der Waals surface area contributed by atoms with Gasteiger partial charge in [-0.3, -0.25) is 4.98 Å². The number of carbonyl (C=O) groups is 1. The molecule has 0 saturated carbocycles. The van der Waals surface area contributed by atoms with Gasteiger partial charge < -0.3 is 14.8 Å². The van der Waals surface area contributed by atoms with Crippen molar-refractivity contribution in [1.82, 2.24) is 9.97 Å². The average Bonchev–Trinajstić information content (AvgIpc) is 2.52. The minimum Gasteiger partial charge on any atom is -0.545 e. The minimum absolute atomic E-state index is 0. The van der Waals surface area contributed by atoms with E-state index in [1.807, 2.05) is 4.90 Å². The number of hydrogen-bond acceptors (Lipinski definition) is 5. The van der Waals surface area contributed by atoms with E-state index in [-0.39, 0.29) is 30.0 Å². The molecule has 2 aromatic heterocycles. The minimum atomic E-state index is -4.27. The van der Waals surface area contributed by atoms with E-state index in [0.717, 1.165) is 11.3 Å². The second kappa shape index (κ2) is 7.68. The Balaban J connectivity index is 0.00000243. The van der Waals surface area contributed by atoms with Gasteiger partial charge >= 0.3 is 25.0 Å². The fourth-order valence-electron chi connectivity index (χ4n) is 2.99. The summed E-state index contributed by atoms with van der Waals surface area (Å²) >= 11 is 0. The summed E-state index contributed by atoms with van der Waals surface area (Å²) in [5.41, 5.74) is 2.31. The molecule has 1 aliphatic rings. The van der Waals surface area contributed by atoms with E-state index in [2.05, 4.69) is 9.97 Å². The van der Waals surface area contributed by atoms with Gasteiger partial charge in [-0.25, -0.2) is 4.98 Å². The van der Waals surface area contributed by atoms with Crippen molar-refractivity contribution in [2.75, 3.05) is 11.4 Å². The first-order chi connectivity index (χ1) is 11.7. The first kappa shape index (κ1) is 20.3. The van der Waals surface area contributed by atoms with Gasteiger partial charge in [0.05, 0.1) is 12.4 Å². The Bertz CT molecular complexity index is 827. The van der Waals surface area contributed by atoms with Gasteiger partial charge in [0.1, 0.15) is 5.82 Å². The molecular weight excluding hydrogens is 342 g/mol. The summed E-state index contributed by atoms with van der Waals surface area (Å²) in [6.07, 6.45) is -2.19. The number of fused-ring (bicyclic) bond motifs is 1. The zero-order chi connectivity index (χ0) is 18.2. The fourth-order valence-corrected chi connectivity index (χ4v) is 2.99. The van der Waals surface area contributed by atoms with Crippen LogP contribution in [0.25, 0.3) is 0 Å². The summed E-state index contributed by atoms with van der Waals surface area (Å²) in [7, 11) is 0. The number of alkyl halides is 3. The topological polar surface area (TPSA) is 69.2 Å². The summed E-state index contributed by atoms with van der Waals surface area (Å²) < 4.78 is 37.7. The van der Waals surface area contributed by atoms with Crippen molar-refractivity contribution < 1.29 is 41.9 Å². The van der Waals surface area contributed by atoms with Crippen molar-refractivity contribution >= 4 is 11.8 Å². The van der Waals surface area contributed by atoms with E-state index < -0.39 is 18.6 Å². The number of halogens is 3. The Hall–Kier alpha value is -2.04. The maximum atomic E-state index is 12.6. The zero-order valence-corrected chi connectivity index (χ0v) is 14.4. The number of carbonyl (C=O) groups excluding carboxylic acids is 1. The normalized spacial score (nSPS) is 13.8. The van der Waals surface area contributed by atoms with E-state index in [4.69, 9.17) is 0 Å². The standard InChI is InChI=1S/C17H16F3N3O2.Li/c1-10-4-12(16(24)25)8-22-15(10)23-3-2-14-13(9-23)5-11(7-21-14)6-17(18,19)20;/h4-5,7-8H,2-3,6,9H2,1H3,(H,24,25);/q;+1/p-1. The molecule has 2 aromatic rings. The molecule has 132 valence electrons. The molecule has 0 unspecified atom stereocenters. The smallest absolute Gasteiger partial charge is 0.545 e. The van der Waals surface area contributed by atoms with Crippen LogP contribution >= 0.6 is 0 Å². The Kier molecular flexibility index (Phi) is 5.99. The van der Waals surface area contributed by atoms with Crippen LogP contribution in [0.1, 0.15) is 32.7 Å². The van der Waals surface area contributed by atoms with Crippen LogP contribution in [0.3, 0.4) is 0 Å². The van der Waals surface area contributed by atoms with Gasteiger partial charge in [0.25, 0.3) is 0 Å². The summed E-state index contributed by atoms with van der Waals surface area (Å²) in [5.74, 6) is -0.691. The van der Waals surface area contributed by atoms with E-state index in [1.54, 1.807) is 6.92 Å². The van der Waals surface area contributed by atoms with E-state index >= 15 is 0 Å². The van der Waals surface area contributed by atoms with Crippen molar-refractivity contribution in [3.05, 3.63) is 52.5 Å². The number of aromatic carboxylic acids is 1. The number of aromatic nitrogens is 2. The van der Waals surface area contributed by atoms with Gasteiger partial charge in [-0.15, -0.1) is 0 Å². The Morgan fingerprint density at radius 1 is 1.27 bits per heavy atom. The molecule has 0 bridgehead atoms. The molecule has 0 aromatic carbocycles. The predicted molar refractivity (Wildman–Crippen MR) is 82.1 cm³/mol. The molecule has 0 atom stereocenters. The van der Waals surface area contributed by atoms with Crippen LogP contribution in [0.5, 0.6) is 0 Å². The maximum absolute atomic E-state index is 12.6. The van der Waals surface area contributed by atoms with Gasteiger partial charge in [0, 0.05) is 43.2 Å². The van der Waals surface area contributed by atoms with Crippen LogP contribution < -0.4 is 28.9 Å². The maximum Gasteiger partial charge on any atom is 1.00 e. The second-order valence-corrected chi connectivity index (χ2v) is 6.06. The zero-order valence-electron chi connectivity index (χ0n) is 14.4. The fraction of sp³-hybridized carbons (Fsp3) is 0.353. The average molecular weight is 357 g/mol. The van der Waals surface area contributed by atoms with Crippen molar-refractivity contribution in [3.63, 3.8) is 0 Å². The van der Waals surface area contributed by atoms with Crippen molar-refractivity contribution in [1.29, 1.82) is 0 Å². The molecule has 1 aliphatic heterocycles. The number of hydrogen-bond donors (Lipinski definition) is 0. The van der Waals surface area contributed by atoms with Crippen LogP contribution in [-0.2, 0) is 19.4 Å². The van der Waals surface area contributed by atoms with Gasteiger partial charge in [-0.05, 0) is 29.7 Å². The number of nitrogens with zero attached hydrogens (tertiary/aromatic N) is 3. The van der Waals surface area contributed by atoms with Crippen LogP contribution in [0.2, 0.25) is 0 Å². The monoisotopic (exact) mass is 357 g/mol. The second-order valence-electron chi connectivity index (χ2n) is 6.06. The van der Waals surface area contributed by atoms with Crippen molar-refractivity contribution in [2.45, 2.75) is 32.5 Å². The molecule has 3 rings (SSSR count). The number of rotatable bonds is 3. The molecule has 0 N–H and O–H groups in total. The van der Waals surface area contributed by atoms with E-state index in [1.165, 1.54) is 24.5 Å². The summed E-state index contributed by atoms with van der Waals surface area (Å²) in [6, 6.07) is 3.01. The summed E-state index contributed by atoms with van der Waals surface area (Å²) in [4.78, 5) is 21.1. The molecular formula is C17H15F3LiN3O2. The molecule has 3 heterocycles.